The van der Waals surface area contributed by atoms with E-state index in [1.54, 1.807) is 12.4 Å². The van der Waals surface area contributed by atoms with Crippen LogP contribution in [0.4, 0.5) is 0 Å². The summed E-state index contributed by atoms with van der Waals surface area (Å²) in [6, 6.07) is 15.8. The number of carbonyl (C=O) groups is 2. The lowest BCUT2D eigenvalue weighted by Crippen LogP contribution is -2.39. The summed E-state index contributed by atoms with van der Waals surface area (Å²) in [7, 11) is 0. The van der Waals surface area contributed by atoms with E-state index in [1.165, 1.54) is 5.56 Å². The van der Waals surface area contributed by atoms with Crippen LogP contribution in [0.5, 0.6) is 0 Å². The Kier molecular flexibility index (Phi) is 8.40. The first-order valence-electron chi connectivity index (χ1n) is 11.8. The molecule has 1 atom stereocenters. The third-order valence-electron chi connectivity index (χ3n) is 6.06. The van der Waals surface area contributed by atoms with Crippen molar-refractivity contribution in [1.82, 2.24) is 25.7 Å². The summed E-state index contributed by atoms with van der Waals surface area (Å²) in [4.78, 5) is 31.1. The highest BCUT2D eigenvalue weighted by atomic mass is 16.5. The van der Waals surface area contributed by atoms with Crippen LogP contribution < -0.4 is 10.6 Å². The fourth-order valence-electron chi connectivity index (χ4n) is 4.25. The van der Waals surface area contributed by atoms with Crippen LogP contribution in [0.2, 0.25) is 0 Å². The smallest absolute Gasteiger partial charge is 0.234 e. The van der Waals surface area contributed by atoms with E-state index in [-0.39, 0.29) is 24.3 Å². The van der Waals surface area contributed by atoms with E-state index in [0.717, 1.165) is 30.5 Å². The van der Waals surface area contributed by atoms with E-state index in [9.17, 15) is 9.59 Å². The van der Waals surface area contributed by atoms with Gasteiger partial charge in [0.15, 0.2) is 5.76 Å². The van der Waals surface area contributed by atoms with Gasteiger partial charge in [-0.25, -0.2) is 0 Å². The average molecular weight is 462 g/mol. The van der Waals surface area contributed by atoms with Gasteiger partial charge in [-0.2, -0.15) is 0 Å². The summed E-state index contributed by atoms with van der Waals surface area (Å²) in [6.45, 7) is 2.53. The minimum absolute atomic E-state index is 0.0122. The second-order valence-electron chi connectivity index (χ2n) is 8.61. The van der Waals surface area contributed by atoms with E-state index >= 15 is 0 Å². The van der Waals surface area contributed by atoms with Crippen LogP contribution in [-0.4, -0.2) is 53.0 Å². The van der Waals surface area contributed by atoms with Gasteiger partial charge in [-0.1, -0.05) is 35.5 Å². The Morgan fingerprint density at radius 3 is 2.59 bits per heavy atom. The lowest BCUT2D eigenvalue weighted by Gasteiger charge is -2.22. The second-order valence-corrected chi connectivity index (χ2v) is 8.61. The maximum Gasteiger partial charge on any atom is 0.234 e. The first kappa shape index (κ1) is 23.6. The molecule has 1 fully saturated rings. The molecule has 0 radical (unpaired) electrons. The standard InChI is InChI=1S/C26H31N5O3/c32-25-8-7-21(20-5-2-1-3-6-20)11-15-29-26(33)19-31(16-4-12-28-25)18-23-17-24(30-34-23)22-9-13-27-14-10-22/h1-3,5-6,9-10,13-14,17,21H,4,7-8,11-12,15-16,18-19H2,(H,28,32)(H,29,33). The minimum Gasteiger partial charge on any atom is -0.359 e. The molecule has 0 bridgehead atoms. The Bertz CT molecular complexity index is 1050. The van der Waals surface area contributed by atoms with Crippen LogP contribution in [0, 0.1) is 0 Å². The molecule has 1 aromatic carbocycles. The molecular formula is C26H31N5O3. The summed E-state index contributed by atoms with van der Waals surface area (Å²) in [5.74, 6) is 0.980. The van der Waals surface area contributed by atoms with Gasteiger partial charge in [0.05, 0.1) is 13.1 Å². The second kappa shape index (κ2) is 12.1. The van der Waals surface area contributed by atoms with Crippen molar-refractivity contribution in [2.75, 3.05) is 26.2 Å². The lowest BCUT2D eigenvalue weighted by molar-refractivity contribution is -0.123. The number of aromatic nitrogens is 2. The van der Waals surface area contributed by atoms with Gasteiger partial charge in [-0.05, 0) is 42.9 Å². The summed E-state index contributed by atoms with van der Waals surface area (Å²) < 4.78 is 5.53. The molecule has 34 heavy (non-hydrogen) atoms. The Labute approximate surface area is 199 Å². The normalized spacial score (nSPS) is 19.1. The number of amides is 2. The van der Waals surface area contributed by atoms with Crippen LogP contribution in [0.1, 0.15) is 42.9 Å². The molecule has 2 amide bonds. The number of carbonyl (C=O) groups excluding carboxylic acids is 2. The zero-order valence-electron chi connectivity index (χ0n) is 19.3. The fraction of sp³-hybridized carbons (Fsp3) is 0.385. The van der Waals surface area contributed by atoms with Gasteiger partial charge >= 0.3 is 0 Å². The predicted octanol–water partition coefficient (Wildman–Crippen LogP) is 3.13. The van der Waals surface area contributed by atoms with Crippen LogP contribution >= 0.6 is 0 Å². The van der Waals surface area contributed by atoms with Gasteiger partial charge in [0.25, 0.3) is 0 Å². The van der Waals surface area contributed by atoms with Gasteiger partial charge in [0.2, 0.25) is 11.8 Å². The number of hydrogen-bond acceptors (Lipinski definition) is 6. The minimum atomic E-state index is -0.0122. The third-order valence-corrected chi connectivity index (χ3v) is 6.06. The summed E-state index contributed by atoms with van der Waals surface area (Å²) in [6.07, 6.45) is 6.21. The maximum absolute atomic E-state index is 12.7. The maximum atomic E-state index is 12.7. The number of nitrogens with zero attached hydrogens (tertiary/aromatic N) is 3. The molecule has 8 heteroatoms. The van der Waals surface area contributed by atoms with Gasteiger partial charge in [-0.3, -0.25) is 19.5 Å². The molecule has 8 nitrogen and oxygen atoms in total. The van der Waals surface area contributed by atoms with Crippen molar-refractivity contribution in [3.63, 3.8) is 0 Å². The molecule has 3 heterocycles. The van der Waals surface area contributed by atoms with E-state index in [1.807, 2.05) is 41.3 Å². The van der Waals surface area contributed by atoms with Crippen molar-refractivity contribution >= 4 is 11.8 Å². The summed E-state index contributed by atoms with van der Waals surface area (Å²) >= 11 is 0. The Hall–Kier alpha value is -3.52. The van der Waals surface area contributed by atoms with Gasteiger partial charge < -0.3 is 15.2 Å². The highest BCUT2D eigenvalue weighted by molar-refractivity contribution is 5.78. The molecule has 1 unspecified atom stereocenters. The summed E-state index contributed by atoms with van der Waals surface area (Å²) in [5.41, 5.74) is 2.87. The molecule has 1 aliphatic rings. The molecule has 1 saturated heterocycles. The van der Waals surface area contributed by atoms with Crippen molar-refractivity contribution in [2.24, 2.45) is 0 Å². The molecule has 2 aromatic heterocycles. The van der Waals surface area contributed by atoms with E-state index in [2.05, 4.69) is 32.9 Å². The van der Waals surface area contributed by atoms with Crippen molar-refractivity contribution < 1.29 is 14.1 Å². The number of benzene rings is 1. The molecule has 2 N–H and O–H groups in total. The van der Waals surface area contributed by atoms with Gasteiger partial charge in [0.1, 0.15) is 5.69 Å². The molecule has 3 aromatic rings. The van der Waals surface area contributed by atoms with Crippen molar-refractivity contribution in [3.05, 3.63) is 72.2 Å². The zero-order chi connectivity index (χ0) is 23.6. The summed E-state index contributed by atoms with van der Waals surface area (Å²) in [5, 5.41) is 10.2. The number of pyridine rings is 1. The highest BCUT2D eigenvalue weighted by Crippen LogP contribution is 2.24. The molecule has 178 valence electrons. The molecule has 1 aliphatic heterocycles. The highest BCUT2D eigenvalue weighted by Gasteiger charge is 2.18. The molecular weight excluding hydrogens is 430 g/mol. The largest absolute Gasteiger partial charge is 0.359 e. The van der Waals surface area contributed by atoms with Crippen LogP contribution in [-0.2, 0) is 16.1 Å². The zero-order valence-corrected chi connectivity index (χ0v) is 19.3. The van der Waals surface area contributed by atoms with E-state index in [4.69, 9.17) is 4.52 Å². The van der Waals surface area contributed by atoms with Crippen molar-refractivity contribution in [2.45, 2.75) is 38.1 Å². The fourth-order valence-corrected chi connectivity index (χ4v) is 4.25. The number of hydrogen-bond donors (Lipinski definition) is 2. The van der Waals surface area contributed by atoms with Gasteiger partial charge in [0, 0.05) is 50.1 Å². The third kappa shape index (κ3) is 6.99. The molecule has 0 saturated carbocycles. The predicted molar refractivity (Wildman–Crippen MR) is 129 cm³/mol. The van der Waals surface area contributed by atoms with Crippen molar-refractivity contribution in [1.29, 1.82) is 0 Å². The first-order valence-corrected chi connectivity index (χ1v) is 11.8. The van der Waals surface area contributed by atoms with Crippen LogP contribution in [0.25, 0.3) is 11.3 Å². The number of rotatable bonds is 4. The quantitative estimate of drug-likeness (QED) is 0.619. The average Bonchev–Trinajstić information content (AvgIpc) is 3.33. The Morgan fingerprint density at radius 2 is 1.76 bits per heavy atom. The Morgan fingerprint density at radius 1 is 0.971 bits per heavy atom. The topological polar surface area (TPSA) is 100 Å². The van der Waals surface area contributed by atoms with E-state index in [0.29, 0.717) is 38.4 Å². The monoisotopic (exact) mass is 461 g/mol. The van der Waals surface area contributed by atoms with Crippen LogP contribution in [0.15, 0.2) is 65.4 Å². The van der Waals surface area contributed by atoms with Gasteiger partial charge in [-0.15, -0.1) is 0 Å². The Balaban J connectivity index is 1.39. The van der Waals surface area contributed by atoms with Crippen molar-refractivity contribution in [3.8, 4) is 11.3 Å². The van der Waals surface area contributed by atoms with E-state index < -0.39 is 0 Å². The molecule has 4 rings (SSSR count). The first-order chi connectivity index (χ1) is 16.7. The SMILES string of the molecule is O=C1CCC(c2ccccc2)CCNC(=O)CN(Cc2cc(-c3ccncc3)no2)CCCN1. The number of nitrogens with one attached hydrogen (secondary N) is 2. The lowest BCUT2D eigenvalue weighted by atomic mass is 9.91. The molecule has 0 aliphatic carbocycles. The molecule has 0 spiro atoms. The van der Waals surface area contributed by atoms with Crippen LogP contribution in [0.3, 0.4) is 0 Å².